The van der Waals surface area contributed by atoms with Crippen molar-refractivity contribution in [3.8, 4) is 5.75 Å². The standard InChI is InChI=1S/C22H26N2O4/c1-28-18-9-10-19-17(14-18)8-5-12-22(19,27)15-24-21(26)20(25)23-13-11-16-6-3-2-4-7-16/h2-4,6-7,9-10,14,27H,5,8,11-13,15H2,1H3,(H,23,25)(H,24,26). The molecule has 28 heavy (non-hydrogen) atoms. The number of fused-ring (bicyclic) bond motifs is 1. The molecule has 0 fully saturated rings. The maximum atomic E-state index is 12.1. The molecule has 0 spiro atoms. The molecule has 148 valence electrons. The molecule has 1 aliphatic rings. The Morgan fingerprint density at radius 1 is 1.11 bits per heavy atom. The van der Waals surface area contributed by atoms with Crippen LogP contribution in [0.5, 0.6) is 5.75 Å². The van der Waals surface area contributed by atoms with Crippen molar-refractivity contribution in [3.63, 3.8) is 0 Å². The van der Waals surface area contributed by atoms with Gasteiger partial charge in [-0.25, -0.2) is 0 Å². The maximum absolute atomic E-state index is 12.1. The minimum absolute atomic E-state index is 0.00271. The lowest BCUT2D eigenvalue weighted by Gasteiger charge is -2.34. The Morgan fingerprint density at radius 2 is 1.86 bits per heavy atom. The number of rotatable bonds is 6. The normalized spacial score (nSPS) is 18.1. The summed E-state index contributed by atoms with van der Waals surface area (Å²) in [5, 5.41) is 16.3. The van der Waals surface area contributed by atoms with E-state index in [1.165, 1.54) is 0 Å². The molecule has 2 amide bonds. The van der Waals surface area contributed by atoms with Crippen molar-refractivity contribution < 1.29 is 19.4 Å². The number of methoxy groups -OCH3 is 1. The van der Waals surface area contributed by atoms with E-state index in [9.17, 15) is 14.7 Å². The van der Waals surface area contributed by atoms with Crippen LogP contribution in [0.25, 0.3) is 0 Å². The quantitative estimate of drug-likeness (QED) is 0.664. The molecule has 0 aliphatic heterocycles. The molecule has 0 saturated heterocycles. The second-order valence-corrected chi connectivity index (χ2v) is 7.08. The highest BCUT2D eigenvalue weighted by Crippen LogP contribution is 2.36. The molecule has 6 nitrogen and oxygen atoms in total. The minimum atomic E-state index is -1.18. The number of ether oxygens (including phenoxy) is 1. The van der Waals surface area contributed by atoms with E-state index in [0.29, 0.717) is 19.4 Å². The summed E-state index contributed by atoms with van der Waals surface area (Å²) in [7, 11) is 1.60. The first-order valence-electron chi connectivity index (χ1n) is 9.51. The number of amides is 2. The van der Waals surface area contributed by atoms with E-state index in [1.807, 2.05) is 42.5 Å². The van der Waals surface area contributed by atoms with Crippen molar-refractivity contribution in [3.05, 3.63) is 65.2 Å². The van der Waals surface area contributed by atoms with Crippen molar-refractivity contribution in [1.29, 1.82) is 0 Å². The number of hydrogen-bond donors (Lipinski definition) is 3. The van der Waals surface area contributed by atoms with Gasteiger partial charge >= 0.3 is 11.8 Å². The van der Waals surface area contributed by atoms with E-state index in [2.05, 4.69) is 10.6 Å². The summed E-state index contributed by atoms with van der Waals surface area (Å²) in [5.41, 5.74) is 1.70. The fourth-order valence-corrected chi connectivity index (χ4v) is 3.60. The number of carbonyl (C=O) groups is 2. The van der Waals surface area contributed by atoms with Crippen LogP contribution in [0, 0.1) is 0 Å². The lowest BCUT2D eigenvalue weighted by molar-refractivity contribution is -0.140. The first kappa shape index (κ1) is 19.9. The monoisotopic (exact) mass is 382 g/mol. The largest absolute Gasteiger partial charge is 0.497 e. The third-order valence-electron chi connectivity index (χ3n) is 5.14. The van der Waals surface area contributed by atoms with Gasteiger partial charge in [-0.1, -0.05) is 36.4 Å². The Hall–Kier alpha value is -2.86. The maximum Gasteiger partial charge on any atom is 0.309 e. The van der Waals surface area contributed by atoms with E-state index in [-0.39, 0.29) is 6.54 Å². The van der Waals surface area contributed by atoms with Gasteiger partial charge < -0.3 is 20.5 Å². The first-order valence-corrected chi connectivity index (χ1v) is 9.51. The fourth-order valence-electron chi connectivity index (χ4n) is 3.60. The Balaban J connectivity index is 1.53. The van der Waals surface area contributed by atoms with Gasteiger partial charge in [0.1, 0.15) is 11.4 Å². The van der Waals surface area contributed by atoms with Crippen LogP contribution in [-0.2, 0) is 28.0 Å². The molecule has 1 unspecified atom stereocenters. The number of benzene rings is 2. The number of carbonyl (C=O) groups excluding carboxylic acids is 2. The van der Waals surface area contributed by atoms with Gasteiger partial charge in [-0.05, 0) is 54.5 Å². The molecule has 0 radical (unpaired) electrons. The van der Waals surface area contributed by atoms with Gasteiger partial charge in [-0.15, -0.1) is 0 Å². The number of aliphatic hydroxyl groups is 1. The molecule has 0 saturated carbocycles. The summed E-state index contributed by atoms with van der Waals surface area (Å²) in [4.78, 5) is 24.1. The van der Waals surface area contributed by atoms with E-state index in [4.69, 9.17) is 4.74 Å². The van der Waals surface area contributed by atoms with Crippen LogP contribution in [0.3, 0.4) is 0 Å². The van der Waals surface area contributed by atoms with Crippen molar-refractivity contribution in [2.45, 2.75) is 31.3 Å². The van der Waals surface area contributed by atoms with Crippen LogP contribution in [-0.4, -0.2) is 37.1 Å². The average Bonchev–Trinajstić information content (AvgIpc) is 2.72. The lowest BCUT2D eigenvalue weighted by atomic mass is 9.79. The molecule has 0 heterocycles. The molecule has 3 rings (SSSR count). The Kier molecular flexibility index (Phi) is 6.31. The first-order chi connectivity index (χ1) is 13.5. The third kappa shape index (κ3) is 4.70. The van der Waals surface area contributed by atoms with Gasteiger partial charge in [0.25, 0.3) is 0 Å². The summed E-state index contributed by atoms with van der Waals surface area (Å²) in [5.74, 6) is -0.683. The van der Waals surface area contributed by atoms with E-state index >= 15 is 0 Å². The zero-order chi connectivity index (χ0) is 20.0. The zero-order valence-electron chi connectivity index (χ0n) is 16.0. The van der Waals surface area contributed by atoms with E-state index in [1.54, 1.807) is 13.2 Å². The van der Waals surface area contributed by atoms with Crippen molar-refractivity contribution in [2.75, 3.05) is 20.2 Å². The lowest BCUT2D eigenvalue weighted by Crippen LogP contribution is -2.47. The average molecular weight is 382 g/mol. The van der Waals surface area contributed by atoms with Gasteiger partial charge in [0, 0.05) is 6.54 Å². The smallest absolute Gasteiger partial charge is 0.309 e. The Bertz CT molecular complexity index is 838. The summed E-state index contributed by atoms with van der Waals surface area (Å²) in [6.45, 7) is 0.375. The summed E-state index contributed by atoms with van der Waals surface area (Å²) >= 11 is 0. The van der Waals surface area contributed by atoms with Crippen molar-refractivity contribution in [2.24, 2.45) is 0 Å². The predicted octanol–water partition coefficient (Wildman–Crippen LogP) is 1.69. The molecular weight excluding hydrogens is 356 g/mol. The highest BCUT2D eigenvalue weighted by Gasteiger charge is 2.35. The molecule has 2 aromatic carbocycles. The fraction of sp³-hybridized carbons (Fsp3) is 0.364. The molecule has 0 bridgehead atoms. The number of nitrogens with one attached hydrogen (secondary N) is 2. The SMILES string of the molecule is COc1ccc2c(c1)CCCC2(O)CNC(=O)C(=O)NCCc1ccccc1. The second kappa shape index (κ2) is 8.89. The molecule has 3 N–H and O–H groups in total. The summed E-state index contributed by atoms with van der Waals surface area (Å²) in [6, 6.07) is 15.3. The molecule has 2 aromatic rings. The number of aryl methyl sites for hydroxylation is 1. The Labute approximate surface area is 164 Å². The number of hydrogen-bond acceptors (Lipinski definition) is 4. The molecular formula is C22H26N2O4. The highest BCUT2D eigenvalue weighted by atomic mass is 16.5. The highest BCUT2D eigenvalue weighted by molar-refractivity contribution is 6.35. The summed E-state index contributed by atoms with van der Waals surface area (Å²) in [6.07, 6.45) is 2.83. The van der Waals surface area contributed by atoms with E-state index in [0.717, 1.165) is 35.3 Å². The van der Waals surface area contributed by atoms with Crippen LogP contribution in [0.2, 0.25) is 0 Å². The van der Waals surface area contributed by atoms with Crippen LogP contribution in [0.1, 0.15) is 29.5 Å². The third-order valence-corrected chi connectivity index (χ3v) is 5.14. The van der Waals surface area contributed by atoms with Gasteiger partial charge in [-0.2, -0.15) is 0 Å². The second-order valence-electron chi connectivity index (χ2n) is 7.08. The topological polar surface area (TPSA) is 87.7 Å². The zero-order valence-corrected chi connectivity index (χ0v) is 16.0. The molecule has 0 aromatic heterocycles. The van der Waals surface area contributed by atoms with Gasteiger partial charge in [-0.3, -0.25) is 9.59 Å². The van der Waals surface area contributed by atoms with Crippen LogP contribution in [0.15, 0.2) is 48.5 Å². The van der Waals surface area contributed by atoms with Crippen LogP contribution in [0.4, 0.5) is 0 Å². The van der Waals surface area contributed by atoms with Gasteiger partial charge in [0.15, 0.2) is 0 Å². The van der Waals surface area contributed by atoms with Gasteiger partial charge in [0.2, 0.25) is 0 Å². The molecule has 1 atom stereocenters. The van der Waals surface area contributed by atoms with Crippen molar-refractivity contribution in [1.82, 2.24) is 10.6 Å². The van der Waals surface area contributed by atoms with E-state index < -0.39 is 17.4 Å². The van der Waals surface area contributed by atoms with Crippen molar-refractivity contribution >= 4 is 11.8 Å². The predicted molar refractivity (Wildman–Crippen MR) is 106 cm³/mol. The van der Waals surface area contributed by atoms with Crippen LogP contribution < -0.4 is 15.4 Å². The summed E-state index contributed by atoms with van der Waals surface area (Å²) < 4.78 is 5.24. The molecule has 1 aliphatic carbocycles. The van der Waals surface area contributed by atoms with Crippen LogP contribution >= 0.6 is 0 Å². The van der Waals surface area contributed by atoms with Gasteiger partial charge in [0.05, 0.1) is 13.7 Å². The molecule has 6 heteroatoms. The Morgan fingerprint density at radius 3 is 2.61 bits per heavy atom. The minimum Gasteiger partial charge on any atom is -0.497 e.